The number of anilines is 2. The van der Waals surface area contributed by atoms with Gasteiger partial charge in [0.2, 0.25) is 0 Å². The maximum absolute atomic E-state index is 10.9. The van der Waals surface area contributed by atoms with Crippen molar-refractivity contribution in [2.24, 2.45) is 0 Å². The first-order valence-corrected chi connectivity index (χ1v) is 3.41. The lowest BCUT2D eigenvalue weighted by Crippen LogP contribution is -1.99. The molecular formula is C8H10N2O2. The van der Waals surface area contributed by atoms with Crippen molar-refractivity contribution in [3.05, 3.63) is 17.7 Å². The van der Waals surface area contributed by atoms with E-state index in [1.807, 2.05) is 0 Å². The smallest absolute Gasteiger partial charge is 0.160 e. The molecule has 0 aliphatic heterocycles. The van der Waals surface area contributed by atoms with Crippen LogP contribution in [-0.4, -0.2) is 10.9 Å². The van der Waals surface area contributed by atoms with E-state index in [9.17, 15) is 9.90 Å². The highest BCUT2D eigenvalue weighted by molar-refractivity contribution is 5.96. The minimum Gasteiger partial charge on any atom is -0.506 e. The largest absolute Gasteiger partial charge is 0.506 e. The Labute approximate surface area is 69.8 Å². The molecule has 5 N–H and O–H groups in total. The summed E-state index contributed by atoms with van der Waals surface area (Å²) < 4.78 is 0. The molecule has 0 saturated heterocycles. The van der Waals surface area contributed by atoms with E-state index in [4.69, 9.17) is 11.5 Å². The van der Waals surface area contributed by atoms with Gasteiger partial charge in [-0.3, -0.25) is 4.79 Å². The van der Waals surface area contributed by atoms with Gasteiger partial charge < -0.3 is 16.6 Å². The minimum atomic E-state index is -0.156. The van der Waals surface area contributed by atoms with Crippen LogP contribution >= 0.6 is 0 Å². The third-order valence-corrected chi connectivity index (χ3v) is 1.60. The molecule has 0 amide bonds. The average Bonchev–Trinajstić information content (AvgIpc) is 1.99. The van der Waals surface area contributed by atoms with E-state index in [0.717, 1.165) is 0 Å². The van der Waals surface area contributed by atoms with Gasteiger partial charge in [-0.25, -0.2) is 0 Å². The molecule has 0 fully saturated rings. The van der Waals surface area contributed by atoms with Crippen LogP contribution in [0, 0.1) is 0 Å². The van der Waals surface area contributed by atoms with Gasteiger partial charge in [-0.2, -0.15) is 0 Å². The van der Waals surface area contributed by atoms with Crippen molar-refractivity contribution in [2.75, 3.05) is 11.5 Å². The van der Waals surface area contributed by atoms with Gasteiger partial charge in [0.15, 0.2) is 5.78 Å². The first-order valence-electron chi connectivity index (χ1n) is 3.41. The third kappa shape index (κ3) is 1.32. The lowest BCUT2D eigenvalue weighted by atomic mass is 10.1. The highest BCUT2D eigenvalue weighted by atomic mass is 16.3. The number of aromatic hydroxyl groups is 1. The van der Waals surface area contributed by atoms with Crippen molar-refractivity contribution >= 4 is 17.2 Å². The van der Waals surface area contributed by atoms with Crippen molar-refractivity contribution in [2.45, 2.75) is 6.92 Å². The summed E-state index contributed by atoms with van der Waals surface area (Å²) in [6.07, 6.45) is 0. The number of ketones is 1. The van der Waals surface area contributed by atoms with Gasteiger partial charge >= 0.3 is 0 Å². The first kappa shape index (κ1) is 8.39. The normalized spacial score (nSPS) is 9.75. The monoisotopic (exact) mass is 166 g/mol. The van der Waals surface area contributed by atoms with Crippen molar-refractivity contribution in [3.63, 3.8) is 0 Å². The van der Waals surface area contributed by atoms with Crippen LogP contribution < -0.4 is 11.5 Å². The highest BCUT2D eigenvalue weighted by Crippen LogP contribution is 2.27. The molecule has 0 atom stereocenters. The number of nitrogens with two attached hydrogens (primary N) is 2. The van der Waals surface area contributed by atoms with Gasteiger partial charge in [0.1, 0.15) is 5.75 Å². The molecule has 64 valence electrons. The molecule has 0 aromatic heterocycles. The topological polar surface area (TPSA) is 89.3 Å². The van der Waals surface area contributed by atoms with E-state index in [1.54, 1.807) is 0 Å². The summed E-state index contributed by atoms with van der Waals surface area (Å²) in [7, 11) is 0. The maximum atomic E-state index is 10.9. The average molecular weight is 166 g/mol. The maximum Gasteiger partial charge on any atom is 0.160 e. The summed E-state index contributed by atoms with van der Waals surface area (Å²) >= 11 is 0. The quantitative estimate of drug-likeness (QED) is 0.326. The number of carbonyl (C=O) groups is 1. The number of benzene rings is 1. The fourth-order valence-electron chi connectivity index (χ4n) is 0.863. The molecule has 0 aliphatic carbocycles. The Morgan fingerprint density at radius 2 is 2.00 bits per heavy atom. The number of nitrogen functional groups attached to an aromatic ring is 2. The number of Topliss-reactive ketones (excluding diaryl/α,β-unsaturated/α-hetero) is 1. The molecule has 0 saturated carbocycles. The Kier molecular flexibility index (Phi) is 1.91. The summed E-state index contributed by atoms with van der Waals surface area (Å²) in [6.45, 7) is 1.39. The molecule has 4 heteroatoms. The molecule has 1 aromatic rings. The highest BCUT2D eigenvalue weighted by Gasteiger charge is 2.06. The van der Waals surface area contributed by atoms with Crippen LogP contribution in [0.2, 0.25) is 0 Å². The van der Waals surface area contributed by atoms with E-state index in [1.165, 1.54) is 19.1 Å². The van der Waals surface area contributed by atoms with E-state index in [0.29, 0.717) is 5.56 Å². The van der Waals surface area contributed by atoms with Gasteiger partial charge in [-0.1, -0.05) is 0 Å². The zero-order chi connectivity index (χ0) is 9.30. The van der Waals surface area contributed by atoms with Crippen LogP contribution in [0.15, 0.2) is 12.1 Å². The van der Waals surface area contributed by atoms with Crippen LogP contribution in [0.25, 0.3) is 0 Å². The summed E-state index contributed by atoms with van der Waals surface area (Å²) in [6, 6.07) is 2.74. The summed E-state index contributed by atoms with van der Waals surface area (Å²) in [4.78, 5) is 10.9. The molecule has 0 aliphatic rings. The number of rotatable bonds is 1. The SMILES string of the molecule is CC(=O)c1cc(N)c(N)c(O)c1. The number of hydrogen-bond acceptors (Lipinski definition) is 4. The molecule has 1 aromatic carbocycles. The number of phenolic OH excluding ortho intramolecular Hbond substituents is 1. The van der Waals surface area contributed by atoms with Crippen LogP contribution in [0.5, 0.6) is 5.75 Å². The standard InChI is InChI=1S/C8H10N2O2/c1-4(11)5-2-6(9)8(10)7(12)3-5/h2-3,12H,9-10H2,1H3. The molecule has 0 bridgehead atoms. The number of carbonyl (C=O) groups excluding carboxylic acids is 1. The van der Waals surface area contributed by atoms with E-state index in [2.05, 4.69) is 0 Å². The second kappa shape index (κ2) is 2.73. The predicted molar refractivity (Wildman–Crippen MR) is 46.9 cm³/mol. The van der Waals surface area contributed by atoms with E-state index < -0.39 is 0 Å². The van der Waals surface area contributed by atoms with Gasteiger partial charge in [-0.05, 0) is 19.1 Å². The lowest BCUT2D eigenvalue weighted by molar-refractivity contribution is 0.101. The Morgan fingerprint density at radius 1 is 1.42 bits per heavy atom. The molecule has 1 rings (SSSR count). The Hall–Kier alpha value is -1.71. The van der Waals surface area contributed by atoms with Crippen molar-refractivity contribution < 1.29 is 9.90 Å². The van der Waals surface area contributed by atoms with E-state index in [-0.39, 0.29) is 22.9 Å². The zero-order valence-corrected chi connectivity index (χ0v) is 6.66. The van der Waals surface area contributed by atoms with Crippen LogP contribution in [0.4, 0.5) is 11.4 Å². The molecule has 12 heavy (non-hydrogen) atoms. The molecular weight excluding hydrogens is 156 g/mol. The minimum absolute atomic E-state index is 0.111. The fraction of sp³-hybridized carbons (Fsp3) is 0.125. The molecule has 0 spiro atoms. The molecule has 0 radical (unpaired) electrons. The molecule has 4 nitrogen and oxygen atoms in total. The van der Waals surface area contributed by atoms with Crippen molar-refractivity contribution in [3.8, 4) is 5.75 Å². The zero-order valence-electron chi connectivity index (χ0n) is 6.66. The number of hydrogen-bond donors (Lipinski definition) is 3. The summed E-state index contributed by atoms with van der Waals surface area (Å²) in [5, 5.41) is 9.17. The third-order valence-electron chi connectivity index (χ3n) is 1.60. The van der Waals surface area contributed by atoms with Gasteiger partial charge in [0.05, 0.1) is 11.4 Å². The van der Waals surface area contributed by atoms with Gasteiger partial charge in [-0.15, -0.1) is 0 Å². The Balaban J connectivity index is 3.31. The summed E-state index contributed by atoms with van der Waals surface area (Å²) in [5.41, 5.74) is 11.5. The molecule has 0 unspecified atom stereocenters. The van der Waals surface area contributed by atoms with Crippen LogP contribution in [0.3, 0.4) is 0 Å². The van der Waals surface area contributed by atoms with Crippen molar-refractivity contribution in [1.82, 2.24) is 0 Å². The fourth-order valence-corrected chi connectivity index (χ4v) is 0.863. The lowest BCUT2D eigenvalue weighted by Gasteiger charge is -2.04. The Morgan fingerprint density at radius 3 is 2.42 bits per heavy atom. The van der Waals surface area contributed by atoms with E-state index >= 15 is 0 Å². The second-order valence-corrected chi connectivity index (χ2v) is 2.55. The van der Waals surface area contributed by atoms with Crippen LogP contribution in [0.1, 0.15) is 17.3 Å². The van der Waals surface area contributed by atoms with Gasteiger partial charge in [0, 0.05) is 5.56 Å². The number of phenols is 1. The second-order valence-electron chi connectivity index (χ2n) is 2.55. The molecule has 0 heterocycles. The van der Waals surface area contributed by atoms with Crippen LogP contribution in [-0.2, 0) is 0 Å². The summed E-state index contributed by atoms with van der Waals surface area (Å²) in [5.74, 6) is -0.308. The Bertz CT molecular complexity index is 311. The predicted octanol–water partition coefficient (Wildman–Crippen LogP) is 0.759. The first-order chi connectivity index (χ1) is 5.52. The van der Waals surface area contributed by atoms with Gasteiger partial charge in [0.25, 0.3) is 0 Å². The van der Waals surface area contributed by atoms with Crippen molar-refractivity contribution in [1.29, 1.82) is 0 Å².